The van der Waals surface area contributed by atoms with Crippen LogP contribution in [0.5, 0.6) is 0 Å². The summed E-state index contributed by atoms with van der Waals surface area (Å²) in [4.78, 5) is 25.8. The molecule has 2 amide bonds. The lowest BCUT2D eigenvalue weighted by Crippen LogP contribution is -2.48. The lowest BCUT2D eigenvalue weighted by molar-refractivity contribution is -0.150. The van der Waals surface area contributed by atoms with Crippen LogP contribution in [-0.2, 0) is 9.59 Å². The van der Waals surface area contributed by atoms with E-state index in [0.717, 1.165) is 29.7 Å². The third kappa shape index (κ3) is 3.47. The first-order chi connectivity index (χ1) is 10.3. The molecule has 5 nitrogen and oxygen atoms in total. The van der Waals surface area contributed by atoms with Crippen LogP contribution in [-0.4, -0.2) is 41.0 Å². The Labute approximate surface area is 131 Å². The molecule has 1 saturated carbocycles. The van der Waals surface area contributed by atoms with Crippen molar-refractivity contribution in [2.75, 3.05) is 18.9 Å². The third-order valence-corrected chi connectivity index (χ3v) is 4.30. The number of nitrogens with one attached hydrogen (secondary N) is 1. The largest absolute Gasteiger partial charge is 0.380 e. The van der Waals surface area contributed by atoms with Gasteiger partial charge in [-0.1, -0.05) is 18.2 Å². The summed E-state index contributed by atoms with van der Waals surface area (Å²) in [5, 5.41) is 13.2. The first kappa shape index (κ1) is 16.5. The van der Waals surface area contributed by atoms with E-state index in [4.69, 9.17) is 0 Å². The normalized spacial score (nSPS) is 16.4. The Kier molecular flexibility index (Phi) is 4.86. The van der Waals surface area contributed by atoms with Gasteiger partial charge in [-0.15, -0.1) is 0 Å². The van der Waals surface area contributed by atoms with E-state index >= 15 is 0 Å². The van der Waals surface area contributed by atoms with Gasteiger partial charge in [-0.25, -0.2) is 0 Å². The Morgan fingerprint density at radius 1 is 1.23 bits per heavy atom. The van der Waals surface area contributed by atoms with Crippen molar-refractivity contribution < 1.29 is 14.7 Å². The van der Waals surface area contributed by atoms with Crippen molar-refractivity contribution >= 4 is 17.5 Å². The highest BCUT2D eigenvalue weighted by Crippen LogP contribution is 2.30. The van der Waals surface area contributed by atoms with Gasteiger partial charge < -0.3 is 15.3 Å². The Hall–Kier alpha value is -1.88. The summed E-state index contributed by atoms with van der Waals surface area (Å²) in [6.07, 6.45) is 2.67. The second kappa shape index (κ2) is 6.48. The fourth-order valence-electron chi connectivity index (χ4n) is 3.01. The van der Waals surface area contributed by atoms with E-state index in [1.807, 2.05) is 32.0 Å². The molecule has 2 N–H and O–H groups in total. The van der Waals surface area contributed by atoms with Gasteiger partial charge in [0, 0.05) is 12.7 Å². The molecule has 1 fully saturated rings. The molecular weight excluding hydrogens is 280 g/mol. The van der Waals surface area contributed by atoms with Crippen LogP contribution in [0.3, 0.4) is 0 Å². The summed E-state index contributed by atoms with van der Waals surface area (Å²) < 4.78 is 0. The number of amides is 2. The molecule has 22 heavy (non-hydrogen) atoms. The number of aryl methyl sites for hydroxylation is 2. The van der Waals surface area contributed by atoms with Crippen molar-refractivity contribution in [2.24, 2.45) is 0 Å². The van der Waals surface area contributed by atoms with Crippen molar-refractivity contribution in [3.63, 3.8) is 0 Å². The molecule has 0 bridgehead atoms. The van der Waals surface area contributed by atoms with Crippen LogP contribution in [0.2, 0.25) is 0 Å². The molecule has 1 aliphatic rings. The minimum atomic E-state index is -1.28. The maximum atomic E-state index is 12.3. The SMILES string of the molecule is Cc1cccc(C)c1NC(=O)CN(C)C(=O)C1(O)CCCC1. The second-order valence-electron chi connectivity index (χ2n) is 6.21. The van der Waals surface area contributed by atoms with Crippen LogP contribution in [0.1, 0.15) is 36.8 Å². The van der Waals surface area contributed by atoms with Crippen LogP contribution in [0.25, 0.3) is 0 Å². The molecule has 0 spiro atoms. The Balaban J connectivity index is 1.98. The summed E-state index contributed by atoms with van der Waals surface area (Å²) in [7, 11) is 1.56. The molecule has 1 aliphatic carbocycles. The van der Waals surface area contributed by atoms with Gasteiger partial charge in [0.05, 0.1) is 6.54 Å². The van der Waals surface area contributed by atoms with Crippen molar-refractivity contribution in [2.45, 2.75) is 45.1 Å². The molecule has 0 saturated heterocycles. The molecule has 2 rings (SSSR count). The van der Waals surface area contributed by atoms with Crippen LogP contribution < -0.4 is 5.32 Å². The van der Waals surface area contributed by atoms with E-state index in [0.29, 0.717) is 12.8 Å². The highest BCUT2D eigenvalue weighted by atomic mass is 16.3. The number of carbonyl (C=O) groups is 2. The van der Waals surface area contributed by atoms with Crippen molar-refractivity contribution in [3.8, 4) is 0 Å². The smallest absolute Gasteiger partial charge is 0.254 e. The van der Waals surface area contributed by atoms with E-state index in [2.05, 4.69) is 5.32 Å². The fraction of sp³-hybridized carbons (Fsp3) is 0.529. The first-order valence-corrected chi connectivity index (χ1v) is 7.67. The standard InChI is InChI=1S/C17H24N2O3/c1-12-7-6-8-13(2)15(12)18-14(20)11-19(3)16(21)17(22)9-4-5-10-17/h6-8,22H,4-5,9-11H2,1-3H3,(H,18,20). The van der Waals surface area contributed by atoms with Crippen LogP contribution in [0.15, 0.2) is 18.2 Å². The summed E-state index contributed by atoms with van der Waals surface area (Å²) in [6.45, 7) is 3.80. The van der Waals surface area contributed by atoms with Crippen LogP contribution >= 0.6 is 0 Å². The van der Waals surface area contributed by atoms with Crippen molar-refractivity contribution in [3.05, 3.63) is 29.3 Å². The zero-order valence-corrected chi connectivity index (χ0v) is 13.5. The lowest BCUT2D eigenvalue weighted by Gasteiger charge is -2.27. The number of aliphatic hydroxyl groups is 1. The molecule has 0 aliphatic heterocycles. The third-order valence-electron chi connectivity index (χ3n) is 4.30. The van der Waals surface area contributed by atoms with Gasteiger partial charge in [-0.3, -0.25) is 9.59 Å². The summed E-state index contributed by atoms with van der Waals surface area (Å²) in [5.41, 5.74) is 1.47. The number of rotatable bonds is 4. The minimum Gasteiger partial charge on any atom is -0.380 e. The predicted molar refractivity (Wildman–Crippen MR) is 85.6 cm³/mol. The zero-order valence-electron chi connectivity index (χ0n) is 13.5. The Morgan fingerprint density at radius 3 is 2.32 bits per heavy atom. The van der Waals surface area contributed by atoms with E-state index in [9.17, 15) is 14.7 Å². The van der Waals surface area contributed by atoms with E-state index < -0.39 is 5.60 Å². The van der Waals surface area contributed by atoms with Gasteiger partial charge in [-0.05, 0) is 50.7 Å². The number of para-hydroxylation sites is 1. The predicted octanol–water partition coefficient (Wildman–Crippen LogP) is 2.01. The highest BCUT2D eigenvalue weighted by Gasteiger charge is 2.40. The lowest BCUT2D eigenvalue weighted by atomic mass is 10.0. The molecule has 5 heteroatoms. The zero-order chi connectivity index (χ0) is 16.3. The van der Waals surface area contributed by atoms with Crippen molar-refractivity contribution in [1.82, 2.24) is 4.90 Å². The topological polar surface area (TPSA) is 69.6 Å². The number of hydrogen-bond donors (Lipinski definition) is 2. The summed E-state index contributed by atoms with van der Waals surface area (Å²) >= 11 is 0. The number of likely N-dealkylation sites (N-methyl/N-ethyl adjacent to an activating group) is 1. The Bertz CT molecular complexity index is 557. The fourth-order valence-corrected chi connectivity index (χ4v) is 3.01. The van der Waals surface area contributed by atoms with Gasteiger partial charge in [0.2, 0.25) is 5.91 Å². The number of benzene rings is 1. The molecular formula is C17H24N2O3. The summed E-state index contributed by atoms with van der Waals surface area (Å²) in [5.74, 6) is -0.614. The van der Waals surface area contributed by atoms with E-state index in [1.165, 1.54) is 4.90 Å². The van der Waals surface area contributed by atoms with Gasteiger partial charge in [-0.2, -0.15) is 0 Å². The first-order valence-electron chi connectivity index (χ1n) is 7.67. The van der Waals surface area contributed by atoms with E-state index in [1.54, 1.807) is 7.05 Å². The average Bonchev–Trinajstić information content (AvgIpc) is 2.90. The summed E-state index contributed by atoms with van der Waals surface area (Å²) in [6, 6.07) is 5.79. The van der Waals surface area contributed by atoms with Crippen LogP contribution in [0, 0.1) is 13.8 Å². The Morgan fingerprint density at radius 2 is 1.77 bits per heavy atom. The monoisotopic (exact) mass is 304 g/mol. The molecule has 0 heterocycles. The molecule has 1 aromatic carbocycles. The molecule has 120 valence electrons. The number of anilines is 1. The highest BCUT2D eigenvalue weighted by molar-refractivity contribution is 5.96. The van der Waals surface area contributed by atoms with Gasteiger partial charge in [0.15, 0.2) is 0 Å². The molecule has 0 atom stereocenters. The van der Waals surface area contributed by atoms with Crippen molar-refractivity contribution in [1.29, 1.82) is 0 Å². The molecule has 0 unspecified atom stereocenters. The number of hydrogen-bond acceptors (Lipinski definition) is 3. The molecule has 1 aromatic rings. The van der Waals surface area contributed by atoms with Gasteiger partial charge in [0.25, 0.3) is 5.91 Å². The number of nitrogens with zero attached hydrogens (tertiary/aromatic N) is 1. The maximum absolute atomic E-state index is 12.3. The van der Waals surface area contributed by atoms with E-state index in [-0.39, 0.29) is 18.4 Å². The van der Waals surface area contributed by atoms with Gasteiger partial charge in [0.1, 0.15) is 5.60 Å². The minimum absolute atomic E-state index is 0.0606. The second-order valence-corrected chi connectivity index (χ2v) is 6.21. The number of carbonyl (C=O) groups excluding carboxylic acids is 2. The van der Waals surface area contributed by atoms with Crippen LogP contribution in [0.4, 0.5) is 5.69 Å². The van der Waals surface area contributed by atoms with Gasteiger partial charge >= 0.3 is 0 Å². The molecule has 0 aromatic heterocycles. The average molecular weight is 304 g/mol. The molecule has 0 radical (unpaired) electrons. The quantitative estimate of drug-likeness (QED) is 0.894. The maximum Gasteiger partial charge on any atom is 0.254 e.